The Morgan fingerprint density at radius 2 is 1.83 bits per heavy atom. The lowest BCUT2D eigenvalue weighted by Gasteiger charge is -2.15. The van der Waals surface area contributed by atoms with Crippen LogP contribution in [-0.4, -0.2) is 35.7 Å². The molecular formula is C23H24N4O3. The number of hydrogen-bond acceptors (Lipinski definition) is 6. The minimum Gasteiger partial charge on any atom is -0.465 e. The predicted molar refractivity (Wildman–Crippen MR) is 117 cm³/mol. The fourth-order valence-electron chi connectivity index (χ4n) is 3.22. The normalized spacial score (nSPS) is 10.4. The van der Waals surface area contributed by atoms with Crippen LogP contribution in [0.2, 0.25) is 0 Å². The molecule has 0 saturated carbocycles. The number of methoxy groups -OCH3 is 1. The van der Waals surface area contributed by atoms with Crippen LogP contribution in [-0.2, 0) is 4.74 Å². The van der Waals surface area contributed by atoms with Crippen LogP contribution in [0.3, 0.4) is 0 Å². The number of ether oxygens (including phenoxy) is 1. The summed E-state index contributed by atoms with van der Waals surface area (Å²) in [5.41, 5.74) is 5.39. The second-order valence-electron chi connectivity index (χ2n) is 6.85. The Labute approximate surface area is 175 Å². The van der Waals surface area contributed by atoms with E-state index in [9.17, 15) is 9.59 Å². The number of aryl methyl sites for hydroxylation is 2. The molecule has 0 spiro atoms. The molecule has 0 saturated heterocycles. The molecule has 0 radical (unpaired) electrons. The van der Waals surface area contributed by atoms with E-state index in [0.29, 0.717) is 34.7 Å². The Kier molecular flexibility index (Phi) is 6.41. The van der Waals surface area contributed by atoms with E-state index in [0.717, 1.165) is 16.7 Å². The highest BCUT2D eigenvalue weighted by molar-refractivity contribution is 6.10. The number of hydrogen-bond donors (Lipinski definition) is 2. The molecule has 2 aromatic carbocycles. The first-order chi connectivity index (χ1) is 14.4. The highest BCUT2D eigenvalue weighted by atomic mass is 16.5. The molecule has 1 amide bonds. The van der Waals surface area contributed by atoms with E-state index in [2.05, 4.69) is 20.8 Å². The number of aromatic nitrogens is 2. The number of amides is 1. The lowest BCUT2D eigenvalue weighted by molar-refractivity contribution is 0.0600. The highest BCUT2D eigenvalue weighted by Gasteiger charge is 2.18. The molecule has 7 nitrogen and oxygen atoms in total. The molecule has 0 bridgehead atoms. The molecule has 0 fully saturated rings. The van der Waals surface area contributed by atoms with Crippen LogP contribution in [0.1, 0.15) is 38.8 Å². The number of anilines is 2. The average Bonchev–Trinajstić information content (AvgIpc) is 2.74. The van der Waals surface area contributed by atoms with Gasteiger partial charge in [-0.25, -0.2) is 4.79 Å². The average molecular weight is 404 g/mol. The van der Waals surface area contributed by atoms with E-state index >= 15 is 0 Å². The van der Waals surface area contributed by atoms with Crippen LogP contribution in [0.15, 0.2) is 48.7 Å². The van der Waals surface area contributed by atoms with Gasteiger partial charge in [0.05, 0.1) is 35.8 Å². The van der Waals surface area contributed by atoms with Crippen molar-refractivity contribution < 1.29 is 14.3 Å². The van der Waals surface area contributed by atoms with Crippen molar-refractivity contribution in [1.82, 2.24) is 10.2 Å². The van der Waals surface area contributed by atoms with Gasteiger partial charge in [-0.3, -0.25) is 4.79 Å². The van der Waals surface area contributed by atoms with Crippen molar-refractivity contribution in [3.63, 3.8) is 0 Å². The standard InChI is InChI=1S/C23H24N4O3/c1-5-24-19-9-7-16(23(29)30-4)13-20(19)26-22(28)18-10-11-25-27-21(18)17-8-6-14(2)12-15(17)3/h6-13,24H,5H2,1-4H3,(H,26,28). The minimum atomic E-state index is -0.477. The summed E-state index contributed by atoms with van der Waals surface area (Å²) >= 11 is 0. The van der Waals surface area contributed by atoms with Gasteiger partial charge in [0.2, 0.25) is 0 Å². The molecular weight excluding hydrogens is 380 g/mol. The maximum Gasteiger partial charge on any atom is 0.337 e. The zero-order valence-electron chi connectivity index (χ0n) is 17.4. The monoisotopic (exact) mass is 404 g/mol. The van der Waals surface area contributed by atoms with Crippen molar-refractivity contribution in [3.05, 3.63) is 70.9 Å². The largest absolute Gasteiger partial charge is 0.465 e. The number of nitrogens with one attached hydrogen (secondary N) is 2. The van der Waals surface area contributed by atoms with Crippen molar-refractivity contribution >= 4 is 23.3 Å². The van der Waals surface area contributed by atoms with Gasteiger partial charge in [-0.1, -0.05) is 23.8 Å². The van der Waals surface area contributed by atoms with Crippen molar-refractivity contribution in [2.45, 2.75) is 20.8 Å². The third kappa shape index (κ3) is 4.46. The summed E-state index contributed by atoms with van der Waals surface area (Å²) in [4.78, 5) is 25.1. The van der Waals surface area contributed by atoms with Gasteiger partial charge < -0.3 is 15.4 Å². The lowest BCUT2D eigenvalue weighted by atomic mass is 9.99. The van der Waals surface area contributed by atoms with Crippen LogP contribution in [0.25, 0.3) is 11.3 Å². The fraction of sp³-hybridized carbons (Fsp3) is 0.217. The van der Waals surface area contributed by atoms with E-state index in [1.54, 1.807) is 24.3 Å². The van der Waals surface area contributed by atoms with E-state index in [4.69, 9.17) is 4.74 Å². The quantitative estimate of drug-likeness (QED) is 0.597. The number of esters is 1. The second kappa shape index (κ2) is 9.17. The molecule has 0 unspecified atom stereocenters. The Morgan fingerprint density at radius 3 is 2.53 bits per heavy atom. The summed E-state index contributed by atoms with van der Waals surface area (Å²) in [5.74, 6) is -0.823. The molecule has 1 heterocycles. The Morgan fingerprint density at radius 1 is 1.03 bits per heavy atom. The van der Waals surface area contributed by atoms with Crippen LogP contribution < -0.4 is 10.6 Å². The van der Waals surface area contributed by atoms with E-state index < -0.39 is 5.97 Å². The molecule has 2 N–H and O–H groups in total. The maximum atomic E-state index is 13.2. The smallest absolute Gasteiger partial charge is 0.337 e. The van der Waals surface area contributed by atoms with E-state index in [-0.39, 0.29) is 5.91 Å². The van der Waals surface area contributed by atoms with Gasteiger partial charge >= 0.3 is 5.97 Å². The van der Waals surface area contributed by atoms with Crippen LogP contribution >= 0.6 is 0 Å². The first-order valence-corrected chi connectivity index (χ1v) is 9.61. The molecule has 30 heavy (non-hydrogen) atoms. The minimum absolute atomic E-state index is 0.344. The van der Waals surface area contributed by atoms with Crippen LogP contribution in [0.5, 0.6) is 0 Å². The van der Waals surface area contributed by atoms with Crippen LogP contribution in [0.4, 0.5) is 11.4 Å². The summed E-state index contributed by atoms with van der Waals surface area (Å²) in [6.07, 6.45) is 1.48. The van der Waals surface area contributed by atoms with Gasteiger partial charge in [0.15, 0.2) is 0 Å². The molecule has 0 aliphatic rings. The molecule has 0 aliphatic heterocycles. The van der Waals surface area contributed by atoms with Gasteiger partial charge in [-0.15, -0.1) is 5.10 Å². The fourth-order valence-corrected chi connectivity index (χ4v) is 3.22. The first kappa shape index (κ1) is 21.0. The van der Waals surface area contributed by atoms with Gasteiger partial charge in [-0.2, -0.15) is 5.10 Å². The van der Waals surface area contributed by atoms with E-state index in [1.807, 2.05) is 39.0 Å². The van der Waals surface area contributed by atoms with Crippen molar-refractivity contribution in [2.24, 2.45) is 0 Å². The summed E-state index contributed by atoms with van der Waals surface area (Å²) < 4.78 is 4.79. The van der Waals surface area contributed by atoms with Crippen molar-refractivity contribution in [1.29, 1.82) is 0 Å². The number of benzene rings is 2. The van der Waals surface area contributed by atoms with Gasteiger partial charge in [-0.05, 0) is 50.6 Å². The SMILES string of the molecule is CCNc1ccc(C(=O)OC)cc1NC(=O)c1ccnnc1-c1ccc(C)cc1C. The highest BCUT2D eigenvalue weighted by Crippen LogP contribution is 2.28. The van der Waals surface area contributed by atoms with Gasteiger partial charge in [0.25, 0.3) is 5.91 Å². The number of rotatable bonds is 6. The third-order valence-electron chi connectivity index (χ3n) is 4.66. The summed E-state index contributed by atoms with van der Waals surface area (Å²) in [5, 5.41) is 14.3. The number of carbonyl (C=O) groups excluding carboxylic acids is 2. The number of nitrogens with zero attached hydrogens (tertiary/aromatic N) is 2. The zero-order valence-corrected chi connectivity index (χ0v) is 17.4. The summed E-state index contributed by atoms with van der Waals surface area (Å²) in [6, 6.07) is 12.6. The first-order valence-electron chi connectivity index (χ1n) is 9.61. The molecule has 3 rings (SSSR count). The van der Waals surface area contributed by atoms with Crippen molar-refractivity contribution in [3.8, 4) is 11.3 Å². The molecule has 0 atom stereocenters. The lowest BCUT2D eigenvalue weighted by Crippen LogP contribution is -2.16. The van der Waals surface area contributed by atoms with Gasteiger partial charge in [0, 0.05) is 12.1 Å². The third-order valence-corrected chi connectivity index (χ3v) is 4.66. The molecule has 7 heteroatoms. The summed E-state index contributed by atoms with van der Waals surface area (Å²) in [6.45, 7) is 6.59. The topological polar surface area (TPSA) is 93.2 Å². The Bertz CT molecular complexity index is 1100. The molecule has 3 aromatic rings. The van der Waals surface area contributed by atoms with Gasteiger partial charge in [0.1, 0.15) is 5.69 Å². The van der Waals surface area contributed by atoms with E-state index in [1.165, 1.54) is 13.3 Å². The number of carbonyl (C=O) groups is 2. The summed E-state index contributed by atoms with van der Waals surface area (Å²) in [7, 11) is 1.32. The maximum absolute atomic E-state index is 13.2. The Balaban J connectivity index is 2.00. The van der Waals surface area contributed by atoms with Crippen LogP contribution in [0, 0.1) is 13.8 Å². The molecule has 0 aliphatic carbocycles. The second-order valence-corrected chi connectivity index (χ2v) is 6.85. The predicted octanol–water partition coefficient (Wildman–Crippen LogP) is 4.23. The zero-order chi connectivity index (χ0) is 21.7. The molecule has 1 aromatic heterocycles. The Hall–Kier alpha value is -3.74. The van der Waals surface area contributed by atoms with Crippen molar-refractivity contribution in [2.75, 3.05) is 24.3 Å². The molecule has 154 valence electrons.